The first-order valence-corrected chi connectivity index (χ1v) is 8.94. The van der Waals surface area contributed by atoms with Crippen LogP contribution in [0.1, 0.15) is 17.3 Å². The van der Waals surface area contributed by atoms with E-state index in [1.54, 1.807) is 6.07 Å². The van der Waals surface area contributed by atoms with Crippen molar-refractivity contribution in [3.8, 4) is 0 Å². The Kier molecular flexibility index (Phi) is 6.62. The number of amides is 3. The van der Waals surface area contributed by atoms with Crippen molar-refractivity contribution in [3.05, 3.63) is 54.1 Å². The van der Waals surface area contributed by atoms with Gasteiger partial charge in [0.15, 0.2) is 6.10 Å². The van der Waals surface area contributed by atoms with Crippen molar-refractivity contribution >= 4 is 41.0 Å². The fourth-order valence-electron chi connectivity index (χ4n) is 2.10. The average molecular weight is 373 g/mol. The number of benzene rings is 2. The van der Waals surface area contributed by atoms with E-state index in [0.717, 1.165) is 4.90 Å². The van der Waals surface area contributed by atoms with Crippen LogP contribution < -0.4 is 16.4 Å². The number of hydrogen-bond donors (Lipinski definition) is 3. The third-order valence-electron chi connectivity index (χ3n) is 3.41. The second-order valence-corrected chi connectivity index (χ2v) is 6.15. The largest absolute Gasteiger partial charge is 0.449 e. The lowest BCUT2D eigenvalue weighted by molar-refractivity contribution is -0.123. The van der Waals surface area contributed by atoms with Crippen molar-refractivity contribution < 1.29 is 19.1 Å². The maximum Gasteiger partial charge on any atom is 0.338 e. The number of primary amides is 1. The Morgan fingerprint density at radius 3 is 2.31 bits per heavy atom. The molecule has 2 aromatic carbocycles. The predicted molar refractivity (Wildman–Crippen MR) is 101 cm³/mol. The van der Waals surface area contributed by atoms with Crippen LogP contribution >= 0.6 is 11.8 Å². The SMILES string of the molecule is CSc1ccccc1NC(=O)C(C)OC(=O)c1ccc(NC(N)=O)cc1. The van der Waals surface area contributed by atoms with E-state index in [9.17, 15) is 14.4 Å². The number of thioether (sulfide) groups is 1. The van der Waals surface area contributed by atoms with Crippen molar-refractivity contribution in [3.63, 3.8) is 0 Å². The zero-order valence-electron chi connectivity index (χ0n) is 14.3. The fraction of sp³-hybridized carbons (Fsp3) is 0.167. The van der Waals surface area contributed by atoms with Gasteiger partial charge in [0.1, 0.15) is 0 Å². The van der Waals surface area contributed by atoms with Gasteiger partial charge in [0.25, 0.3) is 5.91 Å². The molecule has 3 amide bonds. The Bertz CT molecular complexity index is 808. The van der Waals surface area contributed by atoms with Gasteiger partial charge in [-0.3, -0.25) is 4.79 Å². The summed E-state index contributed by atoms with van der Waals surface area (Å²) >= 11 is 1.50. The molecule has 0 aliphatic carbocycles. The van der Waals surface area contributed by atoms with Gasteiger partial charge in [-0.2, -0.15) is 0 Å². The summed E-state index contributed by atoms with van der Waals surface area (Å²) < 4.78 is 5.20. The molecule has 4 N–H and O–H groups in total. The lowest BCUT2D eigenvalue weighted by Crippen LogP contribution is -2.30. The first kappa shape index (κ1) is 19.3. The quantitative estimate of drug-likeness (QED) is 0.532. The fourth-order valence-corrected chi connectivity index (χ4v) is 2.65. The number of urea groups is 1. The monoisotopic (exact) mass is 373 g/mol. The zero-order chi connectivity index (χ0) is 19.1. The number of para-hydroxylation sites is 1. The highest BCUT2D eigenvalue weighted by atomic mass is 32.2. The van der Waals surface area contributed by atoms with Crippen LogP contribution in [-0.4, -0.2) is 30.3 Å². The molecule has 0 fully saturated rings. The Labute approximate surface area is 155 Å². The van der Waals surface area contributed by atoms with Crippen molar-refractivity contribution in [1.29, 1.82) is 0 Å². The molecule has 0 bridgehead atoms. The van der Waals surface area contributed by atoms with Crippen LogP contribution in [0.5, 0.6) is 0 Å². The standard InChI is InChI=1S/C18H19N3O4S/c1-11(16(22)21-14-5-3-4-6-15(14)26-2)25-17(23)12-7-9-13(10-8-12)20-18(19)24/h3-11H,1-2H3,(H,21,22)(H3,19,20,24). The van der Waals surface area contributed by atoms with E-state index in [4.69, 9.17) is 10.5 Å². The van der Waals surface area contributed by atoms with Crippen molar-refractivity contribution in [2.24, 2.45) is 5.73 Å². The number of rotatable bonds is 6. The molecular weight excluding hydrogens is 354 g/mol. The summed E-state index contributed by atoms with van der Waals surface area (Å²) in [6.07, 6.45) is 0.936. The van der Waals surface area contributed by atoms with Gasteiger partial charge in [-0.25, -0.2) is 9.59 Å². The van der Waals surface area contributed by atoms with E-state index in [1.807, 2.05) is 24.5 Å². The molecule has 0 aliphatic rings. The predicted octanol–water partition coefficient (Wildman–Crippen LogP) is 3.08. The lowest BCUT2D eigenvalue weighted by Gasteiger charge is -2.15. The number of carbonyl (C=O) groups excluding carboxylic acids is 3. The number of nitrogens with two attached hydrogens (primary N) is 1. The van der Waals surface area contributed by atoms with Crippen molar-refractivity contribution in [2.75, 3.05) is 16.9 Å². The summed E-state index contributed by atoms with van der Waals surface area (Å²) in [7, 11) is 0. The van der Waals surface area contributed by atoms with Gasteiger partial charge < -0.3 is 21.1 Å². The number of esters is 1. The van der Waals surface area contributed by atoms with E-state index in [2.05, 4.69) is 10.6 Å². The molecular formula is C18H19N3O4S. The molecule has 1 unspecified atom stereocenters. The van der Waals surface area contributed by atoms with Crippen LogP contribution in [0.2, 0.25) is 0 Å². The maximum atomic E-state index is 12.3. The Balaban J connectivity index is 1.97. The molecule has 0 saturated carbocycles. The second-order valence-electron chi connectivity index (χ2n) is 5.30. The minimum atomic E-state index is -0.971. The van der Waals surface area contributed by atoms with Crippen LogP contribution in [0, 0.1) is 0 Å². The summed E-state index contributed by atoms with van der Waals surface area (Å²) in [5, 5.41) is 5.14. The molecule has 0 saturated heterocycles. The molecule has 0 radical (unpaired) electrons. The Hall–Kier alpha value is -3.00. The topological polar surface area (TPSA) is 111 Å². The summed E-state index contributed by atoms with van der Waals surface area (Å²) in [5.41, 5.74) is 6.39. The van der Waals surface area contributed by atoms with Gasteiger partial charge in [0, 0.05) is 10.6 Å². The van der Waals surface area contributed by atoms with E-state index in [0.29, 0.717) is 11.4 Å². The highest BCUT2D eigenvalue weighted by Gasteiger charge is 2.19. The van der Waals surface area contributed by atoms with Crippen LogP contribution in [-0.2, 0) is 9.53 Å². The molecule has 2 aromatic rings. The van der Waals surface area contributed by atoms with E-state index >= 15 is 0 Å². The summed E-state index contributed by atoms with van der Waals surface area (Å²) in [5.74, 6) is -1.07. The van der Waals surface area contributed by atoms with Crippen LogP contribution in [0.3, 0.4) is 0 Å². The Morgan fingerprint density at radius 2 is 1.69 bits per heavy atom. The average Bonchev–Trinajstić information content (AvgIpc) is 2.62. The van der Waals surface area contributed by atoms with Crippen molar-refractivity contribution in [1.82, 2.24) is 0 Å². The molecule has 26 heavy (non-hydrogen) atoms. The van der Waals surface area contributed by atoms with Crippen LogP contribution in [0.25, 0.3) is 0 Å². The van der Waals surface area contributed by atoms with Crippen molar-refractivity contribution in [2.45, 2.75) is 17.9 Å². The first-order chi connectivity index (χ1) is 12.4. The minimum absolute atomic E-state index is 0.254. The Morgan fingerprint density at radius 1 is 1.04 bits per heavy atom. The normalized spacial score (nSPS) is 11.3. The smallest absolute Gasteiger partial charge is 0.338 e. The minimum Gasteiger partial charge on any atom is -0.449 e. The zero-order valence-corrected chi connectivity index (χ0v) is 15.1. The van der Waals surface area contributed by atoms with Gasteiger partial charge in [0.2, 0.25) is 0 Å². The van der Waals surface area contributed by atoms with Gasteiger partial charge in [0.05, 0.1) is 11.3 Å². The molecule has 7 nitrogen and oxygen atoms in total. The molecule has 136 valence electrons. The van der Waals surface area contributed by atoms with Gasteiger partial charge >= 0.3 is 12.0 Å². The number of carbonyl (C=O) groups is 3. The van der Waals surface area contributed by atoms with E-state index in [-0.39, 0.29) is 5.56 Å². The highest BCUT2D eigenvalue weighted by Crippen LogP contribution is 2.24. The lowest BCUT2D eigenvalue weighted by atomic mass is 10.2. The van der Waals surface area contributed by atoms with Crippen LogP contribution in [0.15, 0.2) is 53.4 Å². The van der Waals surface area contributed by atoms with Gasteiger partial charge in [-0.15, -0.1) is 11.8 Å². The van der Waals surface area contributed by atoms with E-state index < -0.39 is 24.0 Å². The van der Waals surface area contributed by atoms with Crippen LogP contribution in [0.4, 0.5) is 16.2 Å². The van der Waals surface area contributed by atoms with Gasteiger partial charge in [-0.1, -0.05) is 12.1 Å². The second kappa shape index (κ2) is 8.91. The van der Waals surface area contributed by atoms with E-state index in [1.165, 1.54) is 43.0 Å². The van der Waals surface area contributed by atoms with Gasteiger partial charge in [-0.05, 0) is 49.6 Å². The maximum absolute atomic E-state index is 12.3. The molecule has 0 spiro atoms. The third-order valence-corrected chi connectivity index (χ3v) is 4.20. The number of ether oxygens (including phenoxy) is 1. The molecule has 0 heterocycles. The third kappa shape index (κ3) is 5.25. The number of hydrogen-bond acceptors (Lipinski definition) is 5. The summed E-state index contributed by atoms with van der Waals surface area (Å²) in [4.78, 5) is 36.1. The summed E-state index contributed by atoms with van der Waals surface area (Å²) in [6, 6.07) is 12.6. The molecule has 0 aromatic heterocycles. The first-order valence-electron chi connectivity index (χ1n) is 7.72. The molecule has 2 rings (SSSR count). The number of anilines is 2. The molecule has 0 aliphatic heterocycles. The summed E-state index contributed by atoms with van der Waals surface area (Å²) in [6.45, 7) is 1.50. The molecule has 8 heteroatoms. The molecule has 1 atom stereocenters. The highest BCUT2D eigenvalue weighted by molar-refractivity contribution is 7.98. The number of nitrogens with one attached hydrogen (secondary N) is 2.